The SMILES string of the molecule is CC[C@H](C)c1ccccc1NS(=O)(=O)c1cc(C)ccc1OC. The molecule has 1 N–H and O–H groups in total. The summed E-state index contributed by atoms with van der Waals surface area (Å²) in [6, 6.07) is 12.6. The van der Waals surface area contributed by atoms with Gasteiger partial charge in [0.1, 0.15) is 10.6 Å². The summed E-state index contributed by atoms with van der Waals surface area (Å²) in [7, 11) is -2.25. The monoisotopic (exact) mass is 333 g/mol. The Kier molecular flexibility index (Phi) is 5.31. The number of aryl methyl sites for hydroxylation is 1. The molecule has 0 aliphatic rings. The Morgan fingerprint density at radius 2 is 1.87 bits per heavy atom. The highest BCUT2D eigenvalue weighted by atomic mass is 32.2. The van der Waals surface area contributed by atoms with Gasteiger partial charge in [0.05, 0.1) is 12.8 Å². The number of benzene rings is 2. The van der Waals surface area contributed by atoms with Crippen LogP contribution >= 0.6 is 0 Å². The molecule has 5 heteroatoms. The summed E-state index contributed by atoms with van der Waals surface area (Å²) in [5, 5.41) is 0. The van der Waals surface area contributed by atoms with Crippen molar-refractivity contribution < 1.29 is 13.2 Å². The Bertz CT molecular complexity index is 785. The molecule has 2 aromatic rings. The Balaban J connectivity index is 2.46. The first-order valence-electron chi connectivity index (χ1n) is 7.65. The molecule has 124 valence electrons. The number of methoxy groups -OCH3 is 1. The fraction of sp³-hybridized carbons (Fsp3) is 0.333. The molecule has 1 atom stereocenters. The number of anilines is 1. The zero-order valence-corrected chi connectivity index (χ0v) is 14.8. The van der Waals surface area contributed by atoms with Gasteiger partial charge < -0.3 is 4.74 Å². The number of sulfonamides is 1. The van der Waals surface area contributed by atoms with E-state index in [0.717, 1.165) is 17.5 Å². The second-order valence-corrected chi connectivity index (χ2v) is 7.31. The second kappa shape index (κ2) is 7.04. The van der Waals surface area contributed by atoms with Gasteiger partial charge in [-0.2, -0.15) is 0 Å². The van der Waals surface area contributed by atoms with E-state index in [0.29, 0.717) is 11.4 Å². The normalized spacial score (nSPS) is 12.7. The van der Waals surface area contributed by atoms with Crippen LogP contribution < -0.4 is 9.46 Å². The summed E-state index contributed by atoms with van der Waals surface area (Å²) in [5.41, 5.74) is 2.47. The fourth-order valence-electron chi connectivity index (χ4n) is 2.43. The van der Waals surface area contributed by atoms with Crippen LogP contribution in [0.5, 0.6) is 5.75 Å². The first-order valence-corrected chi connectivity index (χ1v) is 9.13. The Labute approximate surface area is 138 Å². The molecule has 0 spiro atoms. The minimum Gasteiger partial charge on any atom is -0.495 e. The van der Waals surface area contributed by atoms with Gasteiger partial charge in [-0.05, 0) is 48.6 Å². The molecule has 4 nitrogen and oxygen atoms in total. The van der Waals surface area contributed by atoms with Crippen molar-refractivity contribution in [3.63, 3.8) is 0 Å². The number of para-hydroxylation sites is 1. The van der Waals surface area contributed by atoms with E-state index in [9.17, 15) is 8.42 Å². The summed E-state index contributed by atoms with van der Waals surface area (Å²) in [4.78, 5) is 0.152. The quantitative estimate of drug-likeness (QED) is 0.856. The molecule has 0 radical (unpaired) electrons. The van der Waals surface area contributed by atoms with Crippen LogP contribution in [-0.2, 0) is 10.0 Å². The molecule has 2 aromatic carbocycles. The van der Waals surface area contributed by atoms with E-state index in [-0.39, 0.29) is 10.8 Å². The standard InChI is InChI=1S/C18H23NO3S/c1-5-14(3)15-8-6-7-9-16(15)19-23(20,21)18-12-13(2)10-11-17(18)22-4/h6-12,14,19H,5H2,1-4H3/t14-/m0/s1. The molecule has 0 heterocycles. The third-order valence-electron chi connectivity index (χ3n) is 3.96. The largest absolute Gasteiger partial charge is 0.495 e. The molecular weight excluding hydrogens is 310 g/mol. The third kappa shape index (κ3) is 3.85. The maximum atomic E-state index is 12.8. The molecule has 0 fully saturated rings. The van der Waals surface area contributed by atoms with Crippen molar-refractivity contribution in [3.05, 3.63) is 53.6 Å². The topological polar surface area (TPSA) is 55.4 Å². The van der Waals surface area contributed by atoms with Gasteiger partial charge in [-0.3, -0.25) is 4.72 Å². The molecule has 0 saturated heterocycles. The fourth-order valence-corrected chi connectivity index (χ4v) is 3.78. The summed E-state index contributed by atoms with van der Waals surface area (Å²) in [6.45, 7) is 6.02. The molecule has 2 rings (SSSR count). The van der Waals surface area contributed by atoms with Crippen molar-refractivity contribution in [1.29, 1.82) is 0 Å². The lowest BCUT2D eigenvalue weighted by Gasteiger charge is -2.17. The van der Waals surface area contributed by atoms with Gasteiger partial charge in [-0.1, -0.05) is 38.1 Å². The van der Waals surface area contributed by atoms with Crippen LogP contribution in [0.2, 0.25) is 0 Å². The van der Waals surface area contributed by atoms with E-state index < -0.39 is 10.0 Å². The predicted octanol–water partition coefficient (Wildman–Crippen LogP) is 4.32. The Morgan fingerprint density at radius 3 is 2.52 bits per heavy atom. The second-order valence-electron chi connectivity index (χ2n) is 5.66. The molecule has 23 heavy (non-hydrogen) atoms. The van der Waals surface area contributed by atoms with Gasteiger partial charge in [-0.15, -0.1) is 0 Å². The van der Waals surface area contributed by atoms with Gasteiger partial charge >= 0.3 is 0 Å². The van der Waals surface area contributed by atoms with Crippen molar-refractivity contribution in [2.24, 2.45) is 0 Å². The number of hydrogen-bond acceptors (Lipinski definition) is 3. The average Bonchev–Trinajstić information content (AvgIpc) is 2.54. The van der Waals surface area contributed by atoms with Crippen molar-refractivity contribution in [2.75, 3.05) is 11.8 Å². The van der Waals surface area contributed by atoms with E-state index in [1.807, 2.05) is 31.2 Å². The van der Waals surface area contributed by atoms with E-state index in [1.54, 1.807) is 18.2 Å². The summed E-state index contributed by atoms with van der Waals surface area (Å²) in [6.07, 6.45) is 0.937. The maximum Gasteiger partial charge on any atom is 0.265 e. The van der Waals surface area contributed by atoms with Crippen LogP contribution in [-0.4, -0.2) is 15.5 Å². The smallest absolute Gasteiger partial charge is 0.265 e. The van der Waals surface area contributed by atoms with E-state index in [2.05, 4.69) is 18.6 Å². The van der Waals surface area contributed by atoms with E-state index in [4.69, 9.17) is 4.74 Å². The summed E-state index contributed by atoms with van der Waals surface area (Å²) in [5.74, 6) is 0.609. The highest BCUT2D eigenvalue weighted by Gasteiger charge is 2.21. The molecule has 0 unspecified atom stereocenters. The lowest BCUT2D eigenvalue weighted by molar-refractivity contribution is 0.402. The van der Waals surface area contributed by atoms with Gasteiger partial charge in [0.25, 0.3) is 10.0 Å². The molecule has 0 aliphatic heterocycles. The molecule has 0 amide bonds. The third-order valence-corrected chi connectivity index (χ3v) is 5.34. The van der Waals surface area contributed by atoms with Crippen LogP contribution in [0.3, 0.4) is 0 Å². The van der Waals surface area contributed by atoms with Gasteiger partial charge in [0.15, 0.2) is 0 Å². The van der Waals surface area contributed by atoms with Crippen molar-refractivity contribution in [2.45, 2.75) is 38.0 Å². The number of rotatable bonds is 6. The highest BCUT2D eigenvalue weighted by molar-refractivity contribution is 7.92. The zero-order chi connectivity index (χ0) is 17.0. The van der Waals surface area contributed by atoms with Crippen LogP contribution in [0.15, 0.2) is 47.4 Å². The van der Waals surface area contributed by atoms with E-state index >= 15 is 0 Å². The van der Waals surface area contributed by atoms with Gasteiger partial charge in [-0.25, -0.2) is 8.42 Å². The minimum atomic E-state index is -3.72. The predicted molar refractivity (Wildman–Crippen MR) is 93.7 cm³/mol. The number of ether oxygens (including phenoxy) is 1. The Morgan fingerprint density at radius 1 is 1.17 bits per heavy atom. The minimum absolute atomic E-state index is 0.152. The molecule has 0 bridgehead atoms. The molecule has 0 aromatic heterocycles. The van der Waals surface area contributed by atoms with Crippen LogP contribution in [0, 0.1) is 6.92 Å². The zero-order valence-electron chi connectivity index (χ0n) is 14.0. The van der Waals surface area contributed by atoms with Crippen LogP contribution in [0.1, 0.15) is 37.3 Å². The molecular formula is C18H23NO3S. The van der Waals surface area contributed by atoms with Gasteiger partial charge in [0, 0.05) is 0 Å². The first kappa shape index (κ1) is 17.3. The van der Waals surface area contributed by atoms with E-state index in [1.165, 1.54) is 7.11 Å². The lowest BCUT2D eigenvalue weighted by Crippen LogP contribution is -2.16. The van der Waals surface area contributed by atoms with Gasteiger partial charge in [0.2, 0.25) is 0 Å². The summed E-state index contributed by atoms with van der Waals surface area (Å²) < 4.78 is 33.5. The number of hydrogen-bond donors (Lipinski definition) is 1. The average molecular weight is 333 g/mol. The molecule has 0 aliphatic carbocycles. The highest BCUT2D eigenvalue weighted by Crippen LogP contribution is 2.31. The first-order chi connectivity index (χ1) is 10.9. The van der Waals surface area contributed by atoms with Crippen LogP contribution in [0.25, 0.3) is 0 Å². The number of nitrogens with one attached hydrogen (secondary N) is 1. The maximum absolute atomic E-state index is 12.8. The van der Waals surface area contributed by atoms with Crippen LogP contribution in [0.4, 0.5) is 5.69 Å². The Hall–Kier alpha value is -2.01. The van der Waals surface area contributed by atoms with Crippen molar-refractivity contribution in [3.8, 4) is 5.75 Å². The summed E-state index contributed by atoms with van der Waals surface area (Å²) >= 11 is 0. The van der Waals surface area contributed by atoms with Crippen molar-refractivity contribution >= 4 is 15.7 Å². The van der Waals surface area contributed by atoms with Crippen molar-refractivity contribution in [1.82, 2.24) is 0 Å². The molecule has 0 saturated carbocycles. The lowest BCUT2D eigenvalue weighted by atomic mass is 9.97.